The highest BCUT2D eigenvalue weighted by atomic mass is 19.4. The molecule has 32 heavy (non-hydrogen) atoms. The first kappa shape index (κ1) is 21.9. The molecule has 0 unspecified atom stereocenters. The molecule has 2 aromatic carbocycles. The predicted octanol–water partition coefficient (Wildman–Crippen LogP) is 6.76. The number of anilines is 3. The van der Waals surface area contributed by atoms with Gasteiger partial charge in [0.1, 0.15) is 11.6 Å². The van der Waals surface area contributed by atoms with Gasteiger partial charge < -0.3 is 15.4 Å². The van der Waals surface area contributed by atoms with Gasteiger partial charge in [0.2, 0.25) is 5.95 Å². The molecule has 0 atom stereocenters. The zero-order valence-corrected chi connectivity index (χ0v) is 18.0. The number of aromatic nitrogens is 2. The predicted molar refractivity (Wildman–Crippen MR) is 119 cm³/mol. The minimum absolute atomic E-state index is 0.289. The van der Waals surface area contributed by atoms with Crippen LogP contribution >= 0.6 is 0 Å². The molecule has 4 rings (SSSR count). The molecular weight excluding hydrogens is 417 g/mol. The molecule has 0 aliphatic heterocycles. The van der Waals surface area contributed by atoms with E-state index in [2.05, 4.69) is 25.3 Å². The molecule has 8 heteroatoms. The maximum atomic E-state index is 12.7. The molecule has 0 spiro atoms. The Kier molecular flexibility index (Phi) is 6.21. The van der Waals surface area contributed by atoms with Crippen molar-refractivity contribution in [3.05, 3.63) is 59.7 Å². The van der Waals surface area contributed by atoms with Crippen molar-refractivity contribution < 1.29 is 17.9 Å². The SMILES string of the molecule is Cc1ccc(C)c(Nc2cc(-c3cccc(OC(F)(F)F)c3)nc(NC3CCCC3)n2)c1. The third-order valence-corrected chi connectivity index (χ3v) is 5.43. The fourth-order valence-electron chi connectivity index (χ4n) is 3.84. The van der Waals surface area contributed by atoms with Crippen LogP contribution in [0.3, 0.4) is 0 Å². The van der Waals surface area contributed by atoms with Gasteiger partial charge in [-0.15, -0.1) is 13.2 Å². The van der Waals surface area contributed by atoms with E-state index in [-0.39, 0.29) is 5.75 Å². The summed E-state index contributed by atoms with van der Waals surface area (Å²) in [7, 11) is 0. The molecule has 1 aliphatic rings. The fraction of sp³-hybridized carbons (Fsp3) is 0.333. The van der Waals surface area contributed by atoms with Crippen molar-refractivity contribution in [3.8, 4) is 17.0 Å². The van der Waals surface area contributed by atoms with Crippen molar-refractivity contribution >= 4 is 17.5 Å². The molecule has 3 aromatic rings. The third-order valence-electron chi connectivity index (χ3n) is 5.43. The van der Waals surface area contributed by atoms with Gasteiger partial charge in [0.25, 0.3) is 0 Å². The number of alkyl halides is 3. The van der Waals surface area contributed by atoms with Crippen LogP contribution in [0, 0.1) is 13.8 Å². The zero-order valence-electron chi connectivity index (χ0n) is 18.0. The Bertz CT molecular complexity index is 1090. The molecule has 2 N–H and O–H groups in total. The summed E-state index contributed by atoms with van der Waals surface area (Å²) < 4.78 is 42.1. The molecule has 0 amide bonds. The lowest BCUT2D eigenvalue weighted by Crippen LogP contribution is -2.17. The Balaban J connectivity index is 1.70. The second kappa shape index (κ2) is 9.06. The summed E-state index contributed by atoms with van der Waals surface area (Å²) >= 11 is 0. The molecule has 1 aromatic heterocycles. The number of nitrogens with one attached hydrogen (secondary N) is 2. The van der Waals surface area contributed by atoms with Crippen molar-refractivity contribution in [2.75, 3.05) is 10.6 Å². The summed E-state index contributed by atoms with van der Waals surface area (Å²) in [6, 6.07) is 13.9. The molecule has 1 fully saturated rings. The standard InChI is InChI=1S/C24H25F3N4O/c1-15-10-11-16(2)20(12-15)29-22-14-21(30-23(31-22)28-18-7-3-4-8-18)17-6-5-9-19(13-17)32-24(25,26)27/h5-6,9-14,18H,3-4,7-8H2,1-2H3,(H2,28,29,30,31). The van der Waals surface area contributed by atoms with Gasteiger partial charge in [-0.3, -0.25) is 0 Å². The first-order valence-electron chi connectivity index (χ1n) is 10.6. The molecule has 168 valence electrons. The van der Waals surface area contributed by atoms with E-state index in [1.54, 1.807) is 12.1 Å². The molecule has 0 saturated heterocycles. The second-order valence-electron chi connectivity index (χ2n) is 8.11. The van der Waals surface area contributed by atoms with Gasteiger partial charge in [-0.2, -0.15) is 4.98 Å². The monoisotopic (exact) mass is 442 g/mol. The Morgan fingerprint density at radius 2 is 1.75 bits per heavy atom. The highest BCUT2D eigenvalue weighted by Gasteiger charge is 2.31. The van der Waals surface area contributed by atoms with E-state index < -0.39 is 6.36 Å². The largest absolute Gasteiger partial charge is 0.573 e. The number of benzene rings is 2. The molecule has 1 aliphatic carbocycles. The summed E-state index contributed by atoms with van der Waals surface area (Å²) in [4.78, 5) is 9.21. The maximum absolute atomic E-state index is 12.7. The van der Waals surface area contributed by atoms with E-state index in [9.17, 15) is 13.2 Å². The van der Waals surface area contributed by atoms with Gasteiger partial charge in [0.15, 0.2) is 0 Å². The lowest BCUT2D eigenvalue weighted by molar-refractivity contribution is -0.274. The highest BCUT2D eigenvalue weighted by Crippen LogP contribution is 2.30. The van der Waals surface area contributed by atoms with Crippen molar-refractivity contribution in [1.82, 2.24) is 9.97 Å². The van der Waals surface area contributed by atoms with E-state index in [1.165, 1.54) is 18.2 Å². The van der Waals surface area contributed by atoms with Crippen LogP contribution in [-0.2, 0) is 0 Å². The van der Waals surface area contributed by atoms with Crippen LogP contribution in [0.25, 0.3) is 11.3 Å². The van der Waals surface area contributed by atoms with Crippen molar-refractivity contribution in [2.45, 2.75) is 51.9 Å². The van der Waals surface area contributed by atoms with Crippen LogP contribution in [-0.4, -0.2) is 22.4 Å². The van der Waals surface area contributed by atoms with Gasteiger partial charge in [-0.05, 0) is 56.0 Å². The number of nitrogens with zero attached hydrogens (tertiary/aromatic N) is 2. The Morgan fingerprint density at radius 1 is 0.969 bits per heavy atom. The van der Waals surface area contributed by atoms with Crippen LogP contribution in [0.15, 0.2) is 48.5 Å². The number of hydrogen-bond donors (Lipinski definition) is 2. The minimum atomic E-state index is -4.76. The zero-order chi connectivity index (χ0) is 22.7. The number of halogens is 3. The van der Waals surface area contributed by atoms with Gasteiger partial charge in [-0.1, -0.05) is 37.1 Å². The van der Waals surface area contributed by atoms with E-state index in [4.69, 9.17) is 0 Å². The Hall–Kier alpha value is -3.29. The Labute approximate surface area is 185 Å². The van der Waals surface area contributed by atoms with Crippen LogP contribution < -0.4 is 15.4 Å². The van der Waals surface area contributed by atoms with Crippen LogP contribution in [0.1, 0.15) is 36.8 Å². The van der Waals surface area contributed by atoms with Gasteiger partial charge in [-0.25, -0.2) is 4.98 Å². The molecule has 1 heterocycles. The van der Waals surface area contributed by atoms with Crippen LogP contribution in [0.5, 0.6) is 5.75 Å². The molecular formula is C24H25F3N4O. The average Bonchev–Trinajstić information content (AvgIpc) is 3.22. The summed E-state index contributed by atoms with van der Waals surface area (Å²) in [5.74, 6) is 0.721. The van der Waals surface area contributed by atoms with E-state index >= 15 is 0 Å². The van der Waals surface area contributed by atoms with Gasteiger partial charge in [0.05, 0.1) is 5.69 Å². The molecule has 0 bridgehead atoms. The quantitative estimate of drug-likeness (QED) is 0.442. The van der Waals surface area contributed by atoms with Crippen molar-refractivity contribution in [3.63, 3.8) is 0 Å². The summed E-state index contributed by atoms with van der Waals surface area (Å²) in [6.07, 6.45) is -0.358. The summed E-state index contributed by atoms with van der Waals surface area (Å²) in [6.45, 7) is 4.01. The number of aryl methyl sites for hydroxylation is 2. The second-order valence-corrected chi connectivity index (χ2v) is 8.11. The lowest BCUT2D eigenvalue weighted by Gasteiger charge is -2.16. The fourth-order valence-corrected chi connectivity index (χ4v) is 3.84. The van der Waals surface area contributed by atoms with Gasteiger partial charge in [0, 0.05) is 23.4 Å². The third kappa shape index (κ3) is 5.69. The topological polar surface area (TPSA) is 59.1 Å². The molecule has 1 saturated carbocycles. The van der Waals surface area contributed by atoms with E-state index in [0.717, 1.165) is 42.5 Å². The highest BCUT2D eigenvalue weighted by molar-refractivity contribution is 5.69. The van der Waals surface area contributed by atoms with Crippen LogP contribution in [0.2, 0.25) is 0 Å². The number of hydrogen-bond acceptors (Lipinski definition) is 5. The van der Waals surface area contributed by atoms with E-state index in [1.807, 2.05) is 32.0 Å². The van der Waals surface area contributed by atoms with E-state index in [0.29, 0.717) is 29.1 Å². The molecule has 5 nitrogen and oxygen atoms in total. The number of ether oxygens (including phenoxy) is 1. The minimum Gasteiger partial charge on any atom is -0.406 e. The molecule has 0 radical (unpaired) electrons. The first-order chi connectivity index (χ1) is 15.2. The van der Waals surface area contributed by atoms with Crippen molar-refractivity contribution in [2.24, 2.45) is 0 Å². The first-order valence-corrected chi connectivity index (χ1v) is 10.6. The Morgan fingerprint density at radius 3 is 2.50 bits per heavy atom. The number of rotatable bonds is 6. The lowest BCUT2D eigenvalue weighted by atomic mass is 10.1. The van der Waals surface area contributed by atoms with Crippen LogP contribution in [0.4, 0.5) is 30.6 Å². The van der Waals surface area contributed by atoms with Gasteiger partial charge >= 0.3 is 6.36 Å². The summed E-state index contributed by atoms with van der Waals surface area (Å²) in [5.41, 5.74) is 4.08. The smallest absolute Gasteiger partial charge is 0.406 e. The normalized spacial score (nSPS) is 14.4. The summed E-state index contributed by atoms with van der Waals surface area (Å²) in [5, 5.41) is 6.72. The maximum Gasteiger partial charge on any atom is 0.573 e. The average molecular weight is 442 g/mol. The van der Waals surface area contributed by atoms with Crippen molar-refractivity contribution in [1.29, 1.82) is 0 Å².